The van der Waals surface area contributed by atoms with E-state index in [0.717, 1.165) is 22.8 Å². The number of aromatic nitrogens is 2. The summed E-state index contributed by atoms with van der Waals surface area (Å²) in [6.07, 6.45) is 0.950. The van der Waals surface area contributed by atoms with Crippen LogP contribution in [0.15, 0.2) is 77.8 Å². The number of benzene rings is 3. The summed E-state index contributed by atoms with van der Waals surface area (Å²) in [7, 11) is 0. The number of hydrogen-bond acceptors (Lipinski definition) is 4. The lowest BCUT2D eigenvalue weighted by Gasteiger charge is -2.09. The number of rotatable bonds is 6. The molecule has 0 radical (unpaired) electrons. The molecule has 0 spiro atoms. The van der Waals surface area contributed by atoms with Gasteiger partial charge in [-0.05, 0) is 36.2 Å². The Kier molecular flexibility index (Phi) is 5.67. The van der Waals surface area contributed by atoms with Gasteiger partial charge in [0, 0.05) is 21.9 Å². The Bertz CT molecular complexity index is 1160. The molecule has 0 saturated heterocycles. The molecule has 5 heteroatoms. The van der Waals surface area contributed by atoms with Gasteiger partial charge in [0.15, 0.2) is 5.78 Å². The maximum atomic E-state index is 13.3. The summed E-state index contributed by atoms with van der Waals surface area (Å²) < 4.78 is 13.3. The highest BCUT2D eigenvalue weighted by molar-refractivity contribution is 8.00. The number of hydrogen-bond donors (Lipinski definition) is 0. The van der Waals surface area contributed by atoms with Crippen molar-refractivity contribution in [2.75, 3.05) is 5.75 Å². The quantitative estimate of drug-likeness (QED) is 0.294. The molecule has 0 amide bonds. The van der Waals surface area contributed by atoms with Crippen LogP contribution in [-0.4, -0.2) is 21.7 Å². The van der Waals surface area contributed by atoms with Crippen LogP contribution < -0.4 is 0 Å². The Balaban J connectivity index is 1.60. The summed E-state index contributed by atoms with van der Waals surface area (Å²) in [6.45, 7) is 2.09. The first-order valence-corrected chi connectivity index (χ1v) is 10.4. The van der Waals surface area contributed by atoms with E-state index in [1.54, 1.807) is 12.1 Å². The van der Waals surface area contributed by atoms with E-state index in [0.29, 0.717) is 22.0 Å². The van der Waals surface area contributed by atoms with Gasteiger partial charge in [-0.15, -0.1) is 10.2 Å². The van der Waals surface area contributed by atoms with Gasteiger partial charge < -0.3 is 0 Å². The van der Waals surface area contributed by atoms with E-state index in [9.17, 15) is 9.18 Å². The molecule has 0 fully saturated rings. The summed E-state index contributed by atoms with van der Waals surface area (Å²) in [6, 6.07) is 21.8. The number of Topliss-reactive ketones (excluding diaryl/α,β-unsaturated/α-hetero) is 1. The Morgan fingerprint density at radius 3 is 2.28 bits per heavy atom. The van der Waals surface area contributed by atoms with Crippen LogP contribution in [0.5, 0.6) is 0 Å². The first kappa shape index (κ1) is 19.3. The van der Waals surface area contributed by atoms with Crippen LogP contribution in [0.25, 0.3) is 22.0 Å². The smallest absolute Gasteiger partial charge is 0.173 e. The third kappa shape index (κ3) is 4.20. The molecule has 0 atom stereocenters. The predicted octanol–water partition coefficient (Wildman–Crippen LogP) is 5.97. The average Bonchev–Trinajstić information content (AvgIpc) is 2.78. The monoisotopic (exact) mass is 402 g/mol. The molecule has 1 aromatic heterocycles. The number of thioether (sulfide) groups is 1. The van der Waals surface area contributed by atoms with E-state index in [1.807, 2.05) is 48.5 Å². The van der Waals surface area contributed by atoms with Crippen LogP contribution in [0, 0.1) is 5.82 Å². The van der Waals surface area contributed by atoms with Crippen molar-refractivity contribution in [3.63, 3.8) is 0 Å². The molecule has 3 aromatic carbocycles. The van der Waals surface area contributed by atoms with E-state index in [1.165, 1.54) is 29.5 Å². The fraction of sp³-hybridized carbons (Fsp3) is 0.125. The lowest BCUT2D eigenvalue weighted by atomic mass is 10.1. The van der Waals surface area contributed by atoms with Gasteiger partial charge in [-0.1, -0.05) is 67.2 Å². The van der Waals surface area contributed by atoms with Crippen molar-refractivity contribution in [1.29, 1.82) is 0 Å². The molecule has 29 heavy (non-hydrogen) atoms. The standard InChI is InChI=1S/C24H19FN2OS/c1-2-16-7-9-17(10-8-16)22(28)15-29-24-21-6-4-3-5-20(21)23(26-27-24)18-11-13-19(25)14-12-18/h3-14H,2,15H2,1H3. The fourth-order valence-corrected chi connectivity index (χ4v) is 4.02. The van der Waals surface area contributed by atoms with E-state index in [-0.39, 0.29) is 11.6 Å². The number of nitrogens with zero attached hydrogens (tertiary/aromatic N) is 2. The van der Waals surface area contributed by atoms with Crippen LogP contribution in [-0.2, 0) is 6.42 Å². The second-order valence-corrected chi connectivity index (χ2v) is 7.63. The predicted molar refractivity (Wildman–Crippen MR) is 116 cm³/mol. The number of fused-ring (bicyclic) bond motifs is 1. The number of aryl methyl sites for hydroxylation is 1. The third-order valence-electron chi connectivity index (χ3n) is 4.80. The molecule has 1 heterocycles. The maximum Gasteiger partial charge on any atom is 0.173 e. The second kappa shape index (κ2) is 8.53. The third-order valence-corrected chi connectivity index (χ3v) is 5.78. The van der Waals surface area contributed by atoms with Crippen molar-refractivity contribution in [2.24, 2.45) is 0 Å². The number of carbonyl (C=O) groups excluding carboxylic acids is 1. The maximum absolute atomic E-state index is 13.3. The zero-order chi connectivity index (χ0) is 20.2. The Morgan fingerprint density at radius 2 is 1.59 bits per heavy atom. The van der Waals surface area contributed by atoms with E-state index >= 15 is 0 Å². The van der Waals surface area contributed by atoms with Crippen molar-refractivity contribution in [3.05, 3.63) is 89.7 Å². The van der Waals surface area contributed by atoms with Crippen molar-refractivity contribution in [1.82, 2.24) is 10.2 Å². The average molecular weight is 402 g/mol. The Labute approximate surface area is 173 Å². The summed E-state index contributed by atoms with van der Waals surface area (Å²) in [5.41, 5.74) is 3.42. The molecule has 0 unspecified atom stereocenters. The largest absolute Gasteiger partial charge is 0.293 e. The molecule has 3 nitrogen and oxygen atoms in total. The lowest BCUT2D eigenvalue weighted by Crippen LogP contribution is -2.03. The summed E-state index contributed by atoms with van der Waals surface area (Å²) in [5, 5.41) is 11.3. The Morgan fingerprint density at radius 1 is 0.897 bits per heavy atom. The van der Waals surface area contributed by atoms with Gasteiger partial charge in [-0.2, -0.15) is 0 Å². The normalized spacial score (nSPS) is 11.0. The molecule has 0 N–H and O–H groups in total. The molecule has 4 aromatic rings. The van der Waals surface area contributed by atoms with E-state index < -0.39 is 0 Å². The van der Waals surface area contributed by atoms with Gasteiger partial charge in [0.05, 0.1) is 5.75 Å². The zero-order valence-electron chi connectivity index (χ0n) is 15.9. The number of ketones is 1. The highest BCUT2D eigenvalue weighted by atomic mass is 32.2. The van der Waals surface area contributed by atoms with Gasteiger partial charge in [0.25, 0.3) is 0 Å². The van der Waals surface area contributed by atoms with Gasteiger partial charge in [0.1, 0.15) is 16.5 Å². The molecule has 0 aliphatic heterocycles. The number of halogens is 1. The first-order chi connectivity index (χ1) is 14.2. The van der Waals surface area contributed by atoms with Crippen LogP contribution >= 0.6 is 11.8 Å². The highest BCUT2D eigenvalue weighted by Gasteiger charge is 2.13. The van der Waals surface area contributed by atoms with Gasteiger partial charge in [0.2, 0.25) is 0 Å². The summed E-state index contributed by atoms with van der Waals surface area (Å²) in [5.74, 6) is 0.0647. The first-order valence-electron chi connectivity index (χ1n) is 9.42. The molecular weight excluding hydrogens is 383 g/mol. The van der Waals surface area contributed by atoms with Crippen LogP contribution in [0.3, 0.4) is 0 Å². The molecule has 0 bridgehead atoms. The summed E-state index contributed by atoms with van der Waals surface area (Å²) in [4.78, 5) is 12.6. The van der Waals surface area contributed by atoms with Gasteiger partial charge >= 0.3 is 0 Å². The SMILES string of the molecule is CCc1ccc(C(=O)CSc2nnc(-c3ccc(F)cc3)c3ccccc23)cc1. The molecule has 0 aliphatic carbocycles. The van der Waals surface area contributed by atoms with Crippen molar-refractivity contribution < 1.29 is 9.18 Å². The van der Waals surface area contributed by atoms with Crippen LogP contribution in [0.2, 0.25) is 0 Å². The second-order valence-electron chi connectivity index (χ2n) is 6.67. The topological polar surface area (TPSA) is 42.9 Å². The summed E-state index contributed by atoms with van der Waals surface area (Å²) >= 11 is 1.39. The van der Waals surface area contributed by atoms with Crippen LogP contribution in [0.4, 0.5) is 4.39 Å². The minimum Gasteiger partial charge on any atom is -0.293 e. The lowest BCUT2D eigenvalue weighted by molar-refractivity contribution is 0.102. The van der Waals surface area contributed by atoms with Gasteiger partial charge in [-0.25, -0.2) is 4.39 Å². The van der Waals surface area contributed by atoms with Crippen molar-refractivity contribution in [2.45, 2.75) is 18.4 Å². The van der Waals surface area contributed by atoms with E-state index in [4.69, 9.17) is 0 Å². The molecule has 4 rings (SSSR count). The zero-order valence-corrected chi connectivity index (χ0v) is 16.7. The molecule has 0 saturated carbocycles. The minimum atomic E-state index is -0.288. The van der Waals surface area contributed by atoms with Gasteiger partial charge in [-0.3, -0.25) is 4.79 Å². The molecule has 144 valence electrons. The Hall–Kier alpha value is -3.05. The number of carbonyl (C=O) groups is 1. The molecule has 0 aliphatic rings. The fourth-order valence-electron chi connectivity index (χ4n) is 3.15. The minimum absolute atomic E-state index is 0.0612. The highest BCUT2D eigenvalue weighted by Crippen LogP contribution is 2.32. The molecular formula is C24H19FN2OS. The van der Waals surface area contributed by atoms with Crippen LogP contribution in [0.1, 0.15) is 22.8 Å². The van der Waals surface area contributed by atoms with Crippen molar-refractivity contribution >= 4 is 28.3 Å². The van der Waals surface area contributed by atoms with Crippen molar-refractivity contribution in [3.8, 4) is 11.3 Å². The van der Waals surface area contributed by atoms with E-state index in [2.05, 4.69) is 17.1 Å².